The minimum Gasteiger partial charge on any atom is -0.465 e. The molecule has 4 heteroatoms. The van der Waals surface area contributed by atoms with E-state index in [-0.39, 0.29) is 19.1 Å². The van der Waals surface area contributed by atoms with Crippen molar-refractivity contribution in [2.45, 2.75) is 33.6 Å². The van der Waals surface area contributed by atoms with Crippen molar-refractivity contribution in [2.24, 2.45) is 11.3 Å². The van der Waals surface area contributed by atoms with Gasteiger partial charge in [-0.1, -0.05) is 36.4 Å². The molecule has 0 spiro atoms. The van der Waals surface area contributed by atoms with Crippen molar-refractivity contribution in [3.8, 4) is 0 Å². The maximum atomic E-state index is 12.5. The standard InChI is InChI=1S/C19H24O4/c1-5-22-17(20)19(18(21)23-6-2)12-11-16(19)14(4)15-9-7-13(3)8-10-15/h7-10,16H,4-6,11-12H2,1-3H3. The van der Waals surface area contributed by atoms with Gasteiger partial charge in [-0.25, -0.2) is 0 Å². The Morgan fingerprint density at radius 3 is 2.04 bits per heavy atom. The maximum absolute atomic E-state index is 12.5. The van der Waals surface area contributed by atoms with Crippen molar-refractivity contribution in [1.29, 1.82) is 0 Å². The number of ether oxygens (including phenoxy) is 2. The average Bonchev–Trinajstić information content (AvgIpc) is 2.47. The summed E-state index contributed by atoms with van der Waals surface area (Å²) >= 11 is 0. The van der Waals surface area contributed by atoms with E-state index in [0.29, 0.717) is 6.42 Å². The zero-order valence-corrected chi connectivity index (χ0v) is 14.1. The van der Waals surface area contributed by atoms with Gasteiger partial charge in [0.2, 0.25) is 0 Å². The van der Waals surface area contributed by atoms with E-state index in [1.165, 1.54) is 0 Å². The summed E-state index contributed by atoms with van der Waals surface area (Å²) in [7, 11) is 0. The number of rotatable bonds is 6. The Morgan fingerprint density at radius 1 is 1.13 bits per heavy atom. The Labute approximate surface area is 137 Å². The highest BCUT2D eigenvalue weighted by atomic mass is 16.6. The minimum absolute atomic E-state index is 0.240. The van der Waals surface area contributed by atoms with Gasteiger partial charge in [0.1, 0.15) is 0 Å². The highest BCUT2D eigenvalue weighted by molar-refractivity contribution is 6.03. The van der Waals surface area contributed by atoms with E-state index in [9.17, 15) is 9.59 Å². The Balaban J connectivity index is 2.32. The molecule has 0 radical (unpaired) electrons. The van der Waals surface area contributed by atoms with E-state index in [0.717, 1.165) is 23.1 Å². The predicted octanol–water partition coefficient (Wildman–Crippen LogP) is 3.53. The highest BCUT2D eigenvalue weighted by Crippen LogP contribution is 2.54. The van der Waals surface area contributed by atoms with Crippen LogP contribution in [0.3, 0.4) is 0 Å². The first-order valence-electron chi connectivity index (χ1n) is 8.07. The van der Waals surface area contributed by atoms with Gasteiger partial charge >= 0.3 is 11.9 Å². The van der Waals surface area contributed by atoms with Crippen LogP contribution >= 0.6 is 0 Å². The van der Waals surface area contributed by atoms with Gasteiger partial charge in [0.15, 0.2) is 5.41 Å². The molecule has 1 fully saturated rings. The lowest BCUT2D eigenvalue weighted by Crippen LogP contribution is -2.54. The summed E-state index contributed by atoms with van der Waals surface area (Å²) in [6.45, 7) is 10.1. The first kappa shape index (κ1) is 17.3. The number of esters is 2. The number of hydrogen-bond acceptors (Lipinski definition) is 4. The molecule has 124 valence electrons. The van der Waals surface area contributed by atoms with Gasteiger partial charge in [-0.2, -0.15) is 0 Å². The predicted molar refractivity (Wildman–Crippen MR) is 88.6 cm³/mol. The van der Waals surface area contributed by atoms with Crippen LogP contribution in [0.2, 0.25) is 0 Å². The Morgan fingerprint density at radius 2 is 1.65 bits per heavy atom. The molecule has 1 aliphatic rings. The van der Waals surface area contributed by atoms with E-state index in [1.807, 2.05) is 31.2 Å². The molecule has 1 saturated carbocycles. The molecule has 1 aromatic carbocycles. The number of benzene rings is 1. The molecule has 4 nitrogen and oxygen atoms in total. The molecule has 2 rings (SSSR count). The van der Waals surface area contributed by atoms with E-state index in [2.05, 4.69) is 6.58 Å². The van der Waals surface area contributed by atoms with Crippen LogP contribution in [0.15, 0.2) is 30.8 Å². The molecule has 1 unspecified atom stereocenters. The van der Waals surface area contributed by atoms with Crippen molar-refractivity contribution >= 4 is 17.5 Å². The van der Waals surface area contributed by atoms with Gasteiger partial charge in [0.25, 0.3) is 0 Å². The minimum atomic E-state index is -1.24. The van der Waals surface area contributed by atoms with E-state index in [1.54, 1.807) is 13.8 Å². The van der Waals surface area contributed by atoms with Crippen molar-refractivity contribution in [3.05, 3.63) is 42.0 Å². The van der Waals surface area contributed by atoms with E-state index >= 15 is 0 Å². The van der Waals surface area contributed by atoms with Crippen LogP contribution in [0.5, 0.6) is 0 Å². The molecular formula is C19H24O4. The number of allylic oxidation sites excluding steroid dienone is 1. The van der Waals surface area contributed by atoms with Crippen LogP contribution in [0.25, 0.3) is 5.57 Å². The largest absolute Gasteiger partial charge is 0.465 e. The van der Waals surface area contributed by atoms with Gasteiger partial charge in [0.05, 0.1) is 13.2 Å². The van der Waals surface area contributed by atoms with Crippen molar-refractivity contribution in [2.75, 3.05) is 13.2 Å². The van der Waals surface area contributed by atoms with Crippen LogP contribution in [0.1, 0.15) is 37.8 Å². The van der Waals surface area contributed by atoms with Crippen molar-refractivity contribution < 1.29 is 19.1 Å². The molecule has 0 heterocycles. The molecule has 1 aliphatic carbocycles. The summed E-state index contributed by atoms with van der Waals surface area (Å²) in [4.78, 5) is 25.0. The van der Waals surface area contributed by atoms with Crippen LogP contribution in [0, 0.1) is 18.3 Å². The Kier molecular flexibility index (Phi) is 5.24. The molecule has 1 atom stereocenters. The van der Waals surface area contributed by atoms with Crippen LogP contribution < -0.4 is 0 Å². The average molecular weight is 316 g/mol. The third kappa shape index (κ3) is 3.03. The summed E-state index contributed by atoms with van der Waals surface area (Å²) in [5.74, 6) is -1.27. The van der Waals surface area contributed by atoms with E-state index < -0.39 is 17.4 Å². The summed E-state index contributed by atoms with van der Waals surface area (Å²) in [5.41, 5.74) is 1.64. The van der Waals surface area contributed by atoms with E-state index in [4.69, 9.17) is 9.47 Å². The van der Waals surface area contributed by atoms with Crippen molar-refractivity contribution in [1.82, 2.24) is 0 Å². The molecular weight excluding hydrogens is 292 g/mol. The summed E-state index contributed by atoms with van der Waals surface area (Å²) in [5, 5.41) is 0. The lowest BCUT2D eigenvalue weighted by atomic mass is 9.56. The lowest BCUT2D eigenvalue weighted by Gasteiger charge is -2.45. The molecule has 0 aromatic heterocycles. The van der Waals surface area contributed by atoms with Crippen LogP contribution in [-0.2, 0) is 19.1 Å². The second-order valence-electron chi connectivity index (χ2n) is 5.89. The second kappa shape index (κ2) is 6.99. The van der Waals surface area contributed by atoms with Gasteiger partial charge in [-0.05, 0) is 44.7 Å². The zero-order valence-electron chi connectivity index (χ0n) is 14.1. The molecule has 0 aliphatic heterocycles. The topological polar surface area (TPSA) is 52.6 Å². The lowest BCUT2D eigenvalue weighted by molar-refractivity contribution is -0.183. The Bertz CT molecular complexity index is 582. The summed E-state index contributed by atoms with van der Waals surface area (Å²) < 4.78 is 10.3. The van der Waals surface area contributed by atoms with Gasteiger partial charge in [-0.15, -0.1) is 0 Å². The molecule has 23 heavy (non-hydrogen) atoms. The van der Waals surface area contributed by atoms with Crippen LogP contribution in [-0.4, -0.2) is 25.2 Å². The normalized spacial score (nSPS) is 18.7. The fourth-order valence-electron chi connectivity index (χ4n) is 3.11. The SMILES string of the molecule is C=C(c1ccc(C)cc1)C1CCC1(C(=O)OCC)C(=O)OCC. The second-order valence-corrected chi connectivity index (χ2v) is 5.89. The number of aryl methyl sites for hydroxylation is 1. The fraction of sp³-hybridized carbons (Fsp3) is 0.474. The monoisotopic (exact) mass is 316 g/mol. The third-order valence-corrected chi connectivity index (χ3v) is 4.54. The third-order valence-electron chi connectivity index (χ3n) is 4.54. The first-order chi connectivity index (χ1) is 11.0. The molecule has 0 N–H and O–H groups in total. The van der Waals surface area contributed by atoms with Crippen LogP contribution in [0.4, 0.5) is 0 Å². The molecule has 1 aromatic rings. The first-order valence-corrected chi connectivity index (χ1v) is 8.07. The number of carbonyl (C=O) groups is 2. The molecule has 0 saturated heterocycles. The Hall–Kier alpha value is -2.10. The maximum Gasteiger partial charge on any atom is 0.324 e. The van der Waals surface area contributed by atoms with Gasteiger partial charge < -0.3 is 9.47 Å². The number of hydrogen-bond donors (Lipinski definition) is 0. The summed E-state index contributed by atoms with van der Waals surface area (Å²) in [6.07, 6.45) is 1.17. The fourth-order valence-corrected chi connectivity index (χ4v) is 3.11. The van der Waals surface area contributed by atoms with Crippen molar-refractivity contribution in [3.63, 3.8) is 0 Å². The smallest absolute Gasteiger partial charge is 0.324 e. The highest BCUT2D eigenvalue weighted by Gasteiger charge is 2.61. The zero-order chi connectivity index (χ0) is 17.0. The van der Waals surface area contributed by atoms with Gasteiger partial charge in [-0.3, -0.25) is 9.59 Å². The molecule has 0 amide bonds. The summed E-state index contributed by atoms with van der Waals surface area (Å²) in [6, 6.07) is 7.93. The number of carbonyl (C=O) groups excluding carboxylic acids is 2. The molecule has 0 bridgehead atoms. The quantitative estimate of drug-likeness (QED) is 0.595. The van der Waals surface area contributed by atoms with Gasteiger partial charge in [0, 0.05) is 5.92 Å².